The Morgan fingerprint density at radius 3 is 2.46 bits per heavy atom. The highest BCUT2D eigenvalue weighted by molar-refractivity contribution is 6.09. The molecule has 3 aromatic rings. The zero-order valence-corrected chi connectivity index (χ0v) is 12.9. The Morgan fingerprint density at radius 2 is 1.71 bits per heavy atom. The van der Waals surface area contributed by atoms with Crippen molar-refractivity contribution in [2.24, 2.45) is 0 Å². The van der Waals surface area contributed by atoms with E-state index in [1.807, 2.05) is 24.3 Å². The van der Waals surface area contributed by atoms with Gasteiger partial charge in [-0.15, -0.1) is 0 Å². The van der Waals surface area contributed by atoms with Gasteiger partial charge in [-0.2, -0.15) is 0 Å². The zero-order chi connectivity index (χ0) is 16.7. The van der Waals surface area contributed by atoms with Gasteiger partial charge in [-0.3, -0.25) is 4.79 Å². The van der Waals surface area contributed by atoms with Crippen molar-refractivity contribution in [1.82, 2.24) is 0 Å². The van der Waals surface area contributed by atoms with Gasteiger partial charge in [-0.1, -0.05) is 30.3 Å². The molecule has 1 saturated carbocycles. The van der Waals surface area contributed by atoms with Gasteiger partial charge in [0.25, 0.3) is 5.91 Å². The quantitative estimate of drug-likeness (QED) is 0.701. The third kappa shape index (κ3) is 2.64. The first kappa shape index (κ1) is 14.8. The number of halogens is 2. The second-order valence-electron chi connectivity index (χ2n) is 6.10. The normalized spacial score (nSPS) is 13.9. The predicted octanol–water partition coefficient (Wildman–Crippen LogP) is 5.25. The van der Waals surface area contributed by atoms with E-state index in [0.717, 1.165) is 22.9 Å². The van der Waals surface area contributed by atoms with E-state index in [4.69, 9.17) is 0 Å². The molecule has 0 atom stereocenters. The maximum Gasteiger partial charge on any atom is 0.258 e. The molecule has 4 rings (SSSR count). The highest BCUT2D eigenvalue weighted by atomic mass is 19.1. The smallest absolute Gasteiger partial charge is 0.258 e. The molecule has 120 valence electrons. The van der Waals surface area contributed by atoms with Gasteiger partial charge in [0.1, 0.15) is 11.6 Å². The van der Waals surface area contributed by atoms with Crippen LogP contribution in [-0.4, -0.2) is 5.91 Å². The second kappa shape index (κ2) is 5.71. The van der Waals surface area contributed by atoms with Crippen LogP contribution in [-0.2, 0) is 0 Å². The third-order valence-corrected chi connectivity index (χ3v) is 4.40. The minimum atomic E-state index is -0.869. The number of carbonyl (C=O) groups excluding carboxylic acids is 1. The molecule has 1 fully saturated rings. The van der Waals surface area contributed by atoms with E-state index in [9.17, 15) is 13.6 Å². The largest absolute Gasteiger partial charge is 0.321 e. The summed E-state index contributed by atoms with van der Waals surface area (Å²) in [4.78, 5) is 12.3. The average Bonchev–Trinajstić information content (AvgIpc) is 3.39. The highest BCUT2D eigenvalue weighted by Crippen LogP contribution is 2.43. The van der Waals surface area contributed by atoms with Crippen LogP contribution < -0.4 is 5.32 Å². The Hall–Kier alpha value is -2.75. The molecule has 3 aromatic carbocycles. The molecule has 1 aliphatic rings. The summed E-state index contributed by atoms with van der Waals surface area (Å²) in [6.07, 6.45) is 2.38. The third-order valence-electron chi connectivity index (χ3n) is 4.40. The van der Waals surface area contributed by atoms with Crippen LogP contribution in [0.25, 0.3) is 10.8 Å². The van der Waals surface area contributed by atoms with Crippen LogP contribution in [0, 0.1) is 11.6 Å². The van der Waals surface area contributed by atoms with Gasteiger partial charge >= 0.3 is 0 Å². The lowest BCUT2D eigenvalue weighted by Gasteiger charge is -2.12. The topological polar surface area (TPSA) is 29.1 Å². The van der Waals surface area contributed by atoms with Gasteiger partial charge in [0, 0.05) is 17.1 Å². The summed E-state index contributed by atoms with van der Waals surface area (Å²) in [6.45, 7) is 0. The van der Waals surface area contributed by atoms with E-state index in [-0.39, 0.29) is 5.56 Å². The van der Waals surface area contributed by atoms with Gasteiger partial charge < -0.3 is 5.32 Å². The summed E-state index contributed by atoms with van der Waals surface area (Å²) in [6, 6.07) is 14.7. The zero-order valence-electron chi connectivity index (χ0n) is 12.9. The molecular weight excluding hydrogens is 308 g/mol. The first-order chi connectivity index (χ1) is 11.6. The fraction of sp³-hybridized carbons (Fsp3) is 0.150. The number of rotatable bonds is 3. The van der Waals surface area contributed by atoms with Crippen LogP contribution in [0.15, 0.2) is 54.6 Å². The van der Waals surface area contributed by atoms with Crippen LogP contribution in [0.5, 0.6) is 0 Å². The molecule has 0 saturated heterocycles. The summed E-state index contributed by atoms with van der Waals surface area (Å²) in [5.41, 5.74) is 1.74. The van der Waals surface area contributed by atoms with Crippen molar-refractivity contribution in [3.63, 3.8) is 0 Å². The second-order valence-corrected chi connectivity index (χ2v) is 6.10. The minimum absolute atomic E-state index is 0.174. The molecule has 0 bridgehead atoms. The summed E-state index contributed by atoms with van der Waals surface area (Å²) in [7, 11) is 0. The summed E-state index contributed by atoms with van der Waals surface area (Å²) in [5, 5.41) is 4.78. The van der Waals surface area contributed by atoms with Crippen LogP contribution >= 0.6 is 0 Å². The Balaban J connectivity index is 1.72. The summed E-state index contributed by atoms with van der Waals surface area (Å²) < 4.78 is 26.8. The SMILES string of the molecule is O=C(Nc1cccc2c(C3CC3)cccc12)c1ccc(F)cc1F. The van der Waals surface area contributed by atoms with Gasteiger partial charge in [0.05, 0.1) is 5.56 Å². The number of carbonyl (C=O) groups is 1. The number of fused-ring (bicyclic) bond motifs is 1. The van der Waals surface area contributed by atoms with Gasteiger partial charge in [-0.05, 0) is 47.9 Å². The monoisotopic (exact) mass is 323 g/mol. The standard InChI is InChI=1S/C20H15F2NO/c21-13-9-10-17(18(22)11-13)20(24)23-19-6-2-4-15-14(12-7-8-12)3-1-5-16(15)19/h1-6,9-12H,7-8H2,(H,23,24). The van der Waals surface area contributed by atoms with E-state index >= 15 is 0 Å². The molecule has 2 nitrogen and oxygen atoms in total. The summed E-state index contributed by atoms with van der Waals surface area (Å²) in [5.74, 6) is -1.57. The molecule has 0 spiro atoms. The van der Waals surface area contributed by atoms with Crippen LogP contribution in [0.3, 0.4) is 0 Å². The van der Waals surface area contributed by atoms with Crippen molar-refractivity contribution in [1.29, 1.82) is 0 Å². The van der Waals surface area contributed by atoms with Crippen molar-refractivity contribution in [3.05, 3.63) is 77.4 Å². The van der Waals surface area contributed by atoms with Crippen molar-refractivity contribution in [2.75, 3.05) is 5.32 Å². The molecule has 0 aromatic heterocycles. The van der Waals surface area contributed by atoms with E-state index in [1.54, 1.807) is 6.07 Å². The molecule has 1 N–H and O–H groups in total. The molecule has 0 heterocycles. The number of hydrogen-bond acceptors (Lipinski definition) is 1. The lowest BCUT2D eigenvalue weighted by atomic mass is 10.00. The number of hydrogen-bond donors (Lipinski definition) is 1. The molecule has 4 heteroatoms. The average molecular weight is 323 g/mol. The Bertz CT molecular complexity index is 948. The summed E-state index contributed by atoms with van der Waals surface area (Å²) >= 11 is 0. The maximum atomic E-state index is 13.8. The molecule has 0 radical (unpaired) electrons. The Labute approximate surface area is 138 Å². The first-order valence-electron chi connectivity index (χ1n) is 7.91. The molecule has 0 aliphatic heterocycles. The molecule has 1 aliphatic carbocycles. The lowest BCUT2D eigenvalue weighted by Crippen LogP contribution is -2.14. The fourth-order valence-corrected chi connectivity index (χ4v) is 3.06. The van der Waals surface area contributed by atoms with Crippen molar-refractivity contribution in [3.8, 4) is 0 Å². The predicted molar refractivity (Wildman–Crippen MR) is 90.2 cm³/mol. The van der Waals surface area contributed by atoms with Crippen LogP contribution in [0.1, 0.15) is 34.7 Å². The van der Waals surface area contributed by atoms with Crippen molar-refractivity contribution < 1.29 is 13.6 Å². The number of nitrogens with one attached hydrogen (secondary N) is 1. The Morgan fingerprint density at radius 1 is 0.958 bits per heavy atom. The Kier molecular flexibility index (Phi) is 3.53. The first-order valence-corrected chi connectivity index (χ1v) is 7.91. The fourth-order valence-electron chi connectivity index (χ4n) is 3.06. The molecule has 0 unspecified atom stereocenters. The van der Waals surface area contributed by atoms with E-state index < -0.39 is 17.5 Å². The lowest BCUT2D eigenvalue weighted by molar-refractivity contribution is 0.102. The van der Waals surface area contributed by atoms with Gasteiger partial charge in [-0.25, -0.2) is 8.78 Å². The number of amides is 1. The van der Waals surface area contributed by atoms with Gasteiger partial charge in [0.2, 0.25) is 0 Å². The van der Waals surface area contributed by atoms with Gasteiger partial charge in [0.15, 0.2) is 0 Å². The van der Waals surface area contributed by atoms with Crippen LogP contribution in [0.4, 0.5) is 14.5 Å². The minimum Gasteiger partial charge on any atom is -0.321 e. The van der Waals surface area contributed by atoms with E-state index in [1.165, 1.54) is 18.4 Å². The number of anilines is 1. The van der Waals surface area contributed by atoms with Crippen LogP contribution in [0.2, 0.25) is 0 Å². The highest BCUT2D eigenvalue weighted by Gasteiger charge is 2.25. The van der Waals surface area contributed by atoms with E-state index in [2.05, 4.69) is 11.4 Å². The molecule has 24 heavy (non-hydrogen) atoms. The number of benzene rings is 3. The van der Waals surface area contributed by atoms with Crippen molar-refractivity contribution in [2.45, 2.75) is 18.8 Å². The molecular formula is C20H15F2NO. The maximum absolute atomic E-state index is 13.8. The van der Waals surface area contributed by atoms with Crippen molar-refractivity contribution >= 4 is 22.4 Å². The molecule has 1 amide bonds. The van der Waals surface area contributed by atoms with E-state index in [0.29, 0.717) is 17.7 Å².